The van der Waals surface area contributed by atoms with E-state index in [1.165, 1.54) is 20.2 Å². The Morgan fingerprint density at radius 1 is 1.27 bits per heavy atom. The Kier molecular flexibility index (Phi) is 8.43. The van der Waals surface area contributed by atoms with Crippen LogP contribution in [0.2, 0.25) is 0 Å². The maximum absolute atomic E-state index is 13.2. The van der Waals surface area contributed by atoms with Gasteiger partial charge in [0.25, 0.3) is 0 Å². The first-order chi connectivity index (χ1) is 14.2. The number of carbonyl (C=O) groups is 1. The normalized spacial score (nSPS) is 11.7. The summed E-state index contributed by atoms with van der Waals surface area (Å²) in [6, 6.07) is 6.95. The summed E-state index contributed by atoms with van der Waals surface area (Å²) in [6.45, 7) is 7.10. The van der Waals surface area contributed by atoms with Gasteiger partial charge in [-0.05, 0) is 23.6 Å². The molecule has 9 heteroatoms. The molecule has 0 aliphatic heterocycles. The van der Waals surface area contributed by atoms with Crippen LogP contribution in [0.4, 0.5) is 0 Å². The number of carbonyl (C=O) groups excluding carboxylic acids is 1. The van der Waals surface area contributed by atoms with E-state index in [1.54, 1.807) is 40.8 Å². The zero-order chi connectivity index (χ0) is 22.3. The predicted molar refractivity (Wildman–Crippen MR) is 114 cm³/mol. The summed E-state index contributed by atoms with van der Waals surface area (Å²) in [5, 5.41) is -0.0228. The van der Waals surface area contributed by atoms with E-state index in [0.717, 1.165) is 0 Å². The zero-order valence-electron chi connectivity index (χ0n) is 18.3. The number of aromatic nitrogens is 2. The molecule has 0 N–H and O–H groups in total. The number of nitrogens with zero attached hydrogens (tertiary/aromatic N) is 3. The molecule has 0 bridgehead atoms. The Bertz CT molecular complexity index is 953. The fraction of sp³-hybridized carbons (Fsp3) is 0.524. The van der Waals surface area contributed by atoms with Crippen molar-refractivity contribution >= 4 is 15.7 Å². The molecule has 0 fully saturated rings. The van der Waals surface area contributed by atoms with Crippen molar-refractivity contribution in [2.24, 2.45) is 5.92 Å². The molecule has 1 amide bonds. The van der Waals surface area contributed by atoms with Crippen LogP contribution in [0, 0.1) is 5.92 Å². The Hall–Kier alpha value is -2.39. The van der Waals surface area contributed by atoms with Crippen molar-refractivity contribution < 1.29 is 22.7 Å². The third-order valence-electron chi connectivity index (χ3n) is 4.57. The molecule has 2 aromatic rings. The second-order valence-corrected chi connectivity index (χ2v) is 9.46. The molecule has 0 spiro atoms. The van der Waals surface area contributed by atoms with Crippen LogP contribution in [-0.2, 0) is 38.2 Å². The summed E-state index contributed by atoms with van der Waals surface area (Å²) in [5.41, 5.74) is 1.27. The van der Waals surface area contributed by atoms with Gasteiger partial charge in [0.05, 0.1) is 37.9 Å². The number of rotatable bonds is 11. The van der Waals surface area contributed by atoms with Crippen LogP contribution in [0.3, 0.4) is 0 Å². The van der Waals surface area contributed by atoms with Gasteiger partial charge in [0.15, 0.2) is 0 Å². The number of ether oxygens (including phenoxy) is 2. The molecule has 30 heavy (non-hydrogen) atoms. The molecule has 0 saturated carbocycles. The lowest BCUT2D eigenvalue weighted by atomic mass is 10.2. The summed E-state index contributed by atoms with van der Waals surface area (Å²) >= 11 is 0. The SMILES string of the molecule is COCCn1c(CN(CC(C)C)C(C)=O)cnc1S(=O)(=O)Cc1cccc(OC)c1. The van der Waals surface area contributed by atoms with Crippen molar-refractivity contribution in [3.8, 4) is 5.75 Å². The van der Waals surface area contributed by atoms with Gasteiger partial charge < -0.3 is 18.9 Å². The smallest absolute Gasteiger partial charge is 0.228 e. The number of hydrogen-bond donors (Lipinski definition) is 0. The minimum absolute atomic E-state index is 0.0228. The van der Waals surface area contributed by atoms with Crippen molar-refractivity contribution in [2.75, 3.05) is 27.4 Å². The van der Waals surface area contributed by atoms with E-state index < -0.39 is 9.84 Å². The van der Waals surface area contributed by atoms with E-state index in [0.29, 0.717) is 49.2 Å². The lowest BCUT2D eigenvalue weighted by Crippen LogP contribution is -2.33. The molecule has 0 radical (unpaired) electrons. The maximum Gasteiger partial charge on any atom is 0.228 e. The van der Waals surface area contributed by atoms with Gasteiger partial charge in [-0.15, -0.1) is 0 Å². The monoisotopic (exact) mass is 437 g/mol. The van der Waals surface area contributed by atoms with Gasteiger partial charge in [0.1, 0.15) is 5.75 Å². The lowest BCUT2D eigenvalue weighted by Gasteiger charge is -2.24. The van der Waals surface area contributed by atoms with Gasteiger partial charge in [0, 0.05) is 27.1 Å². The summed E-state index contributed by atoms with van der Waals surface area (Å²) in [7, 11) is -0.626. The van der Waals surface area contributed by atoms with Gasteiger partial charge in [-0.1, -0.05) is 26.0 Å². The fourth-order valence-corrected chi connectivity index (χ4v) is 4.68. The molecule has 0 atom stereocenters. The highest BCUT2D eigenvalue weighted by Gasteiger charge is 2.25. The largest absolute Gasteiger partial charge is 0.497 e. The third kappa shape index (κ3) is 6.30. The molecule has 1 heterocycles. The quantitative estimate of drug-likeness (QED) is 0.537. The van der Waals surface area contributed by atoms with Crippen LogP contribution in [0.25, 0.3) is 0 Å². The van der Waals surface area contributed by atoms with Crippen molar-refractivity contribution in [1.82, 2.24) is 14.5 Å². The highest BCUT2D eigenvalue weighted by Crippen LogP contribution is 2.21. The lowest BCUT2D eigenvalue weighted by molar-refractivity contribution is -0.130. The topological polar surface area (TPSA) is 90.7 Å². The Morgan fingerprint density at radius 2 is 2.00 bits per heavy atom. The van der Waals surface area contributed by atoms with E-state index in [9.17, 15) is 13.2 Å². The van der Waals surface area contributed by atoms with Gasteiger partial charge in [-0.3, -0.25) is 4.79 Å². The molecule has 0 saturated heterocycles. The minimum Gasteiger partial charge on any atom is -0.497 e. The number of benzene rings is 1. The summed E-state index contributed by atoms with van der Waals surface area (Å²) < 4.78 is 38.3. The molecule has 1 aromatic carbocycles. The number of methoxy groups -OCH3 is 2. The molecule has 0 aliphatic rings. The van der Waals surface area contributed by atoms with Gasteiger partial charge in [-0.25, -0.2) is 13.4 Å². The van der Waals surface area contributed by atoms with Gasteiger partial charge in [-0.2, -0.15) is 0 Å². The Balaban J connectivity index is 2.37. The summed E-state index contributed by atoms with van der Waals surface area (Å²) in [5.74, 6) is 0.622. The van der Waals surface area contributed by atoms with Crippen LogP contribution >= 0.6 is 0 Å². The molecule has 8 nitrogen and oxygen atoms in total. The van der Waals surface area contributed by atoms with Crippen molar-refractivity contribution in [1.29, 1.82) is 0 Å². The number of imidazole rings is 1. The maximum atomic E-state index is 13.2. The fourth-order valence-electron chi connectivity index (χ4n) is 3.18. The molecular weight excluding hydrogens is 406 g/mol. The number of amides is 1. The third-order valence-corrected chi connectivity index (χ3v) is 6.17. The van der Waals surface area contributed by atoms with Crippen LogP contribution in [0.1, 0.15) is 32.0 Å². The molecule has 0 unspecified atom stereocenters. The second-order valence-electron chi connectivity index (χ2n) is 7.58. The minimum atomic E-state index is -3.72. The van der Waals surface area contributed by atoms with Gasteiger partial charge >= 0.3 is 0 Å². The van der Waals surface area contributed by atoms with Crippen molar-refractivity contribution in [2.45, 2.75) is 44.8 Å². The first-order valence-electron chi connectivity index (χ1n) is 9.82. The first-order valence-corrected chi connectivity index (χ1v) is 11.5. The standard InChI is InChI=1S/C21H31N3O5S/c1-16(2)13-23(17(3)25)14-19-12-22-21(24(19)9-10-28-4)30(26,27)15-18-7-6-8-20(11-18)29-5/h6-8,11-12,16H,9-10,13-15H2,1-5H3. The second kappa shape index (κ2) is 10.6. The molecular formula is C21H31N3O5S. The highest BCUT2D eigenvalue weighted by molar-refractivity contribution is 7.90. The summed E-state index contributed by atoms with van der Waals surface area (Å²) in [4.78, 5) is 18.0. The van der Waals surface area contributed by atoms with Crippen LogP contribution < -0.4 is 4.74 Å². The van der Waals surface area contributed by atoms with E-state index in [2.05, 4.69) is 4.98 Å². The average Bonchev–Trinajstić information content (AvgIpc) is 3.08. The summed E-state index contributed by atoms with van der Waals surface area (Å²) in [6.07, 6.45) is 1.53. The average molecular weight is 438 g/mol. The van der Waals surface area contributed by atoms with Crippen molar-refractivity contribution in [3.05, 3.63) is 41.7 Å². The van der Waals surface area contributed by atoms with E-state index >= 15 is 0 Å². The van der Waals surface area contributed by atoms with E-state index in [1.807, 2.05) is 13.8 Å². The van der Waals surface area contributed by atoms with E-state index in [4.69, 9.17) is 9.47 Å². The van der Waals surface area contributed by atoms with Crippen LogP contribution in [0.5, 0.6) is 5.75 Å². The predicted octanol–water partition coefficient (Wildman–Crippen LogP) is 2.52. The Morgan fingerprint density at radius 3 is 2.60 bits per heavy atom. The molecule has 1 aromatic heterocycles. The van der Waals surface area contributed by atoms with E-state index in [-0.39, 0.29) is 16.8 Å². The van der Waals surface area contributed by atoms with Gasteiger partial charge in [0.2, 0.25) is 20.9 Å². The molecule has 2 rings (SSSR count). The van der Waals surface area contributed by atoms with Crippen LogP contribution in [0.15, 0.2) is 35.6 Å². The molecule has 0 aliphatic carbocycles. The Labute approximate surface area is 178 Å². The zero-order valence-corrected chi connectivity index (χ0v) is 19.1. The van der Waals surface area contributed by atoms with Crippen molar-refractivity contribution in [3.63, 3.8) is 0 Å². The highest BCUT2D eigenvalue weighted by atomic mass is 32.2. The first kappa shape index (κ1) is 23.9. The number of sulfone groups is 1. The van der Waals surface area contributed by atoms with Crippen LogP contribution in [-0.4, -0.2) is 56.1 Å². The molecule has 166 valence electrons. The number of hydrogen-bond acceptors (Lipinski definition) is 6.